The molecule has 0 aliphatic heterocycles. The van der Waals surface area contributed by atoms with Gasteiger partial charge in [-0.3, -0.25) is 0 Å². The SMILES string of the molecule is CCOCC(C)NS(=O)(=O)c1cc(CNC2CC2)oc1C. The number of aryl methyl sites for hydroxylation is 1. The predicted molar refractivity (Wildman–Crippen MR) is 79.6 cm³/mol. The van der Waals surface area contributed by atoms with E-state index in [0.29, 0.717) is 37.3 Å². The van der Waals surface area contributed by atoms with Crippen LogP contribution in [0.25, 0.3) is 0 Å². The van der Waals surface area contributed by atoms with Crippen LogP contribution < -0.4 is 10.0 Å². The monoisotopic (exact) mass is 316 g/mol. The largest absolute Gasteiger partial charge is 0.464 e. The molecule has 0 aromatic carbocycles. The molecule has 6 nitrogen and oxygen atoms in total. The fourth-order valence-corrected chi connectivity index (χ4v) is 3.50. The molecular formula is C14H24N2O4S. The van der Waals surface area contributed by atoms with E-state index in [4.69, 9.17) is 9.15 Å². The van der Waals surface area contributed by atoms with E-state index in [0.717, 1.165) is 0 Å². The number of hydrogen-bond acceptors (Lipinski definition) is 5. The number of ether oxygens (including phenoxy) is 1. The van der Waals surface area contributed by atoms with Crippen LogP contribution in [-0.4, -0.2) is 33.7 Å². The normalized spacial score (nSPS) is 17.1. The molecule has 2 rings (SSSR count). The highest BCUT2D eigenvalue weighted by atomic mass is 32.2. The molecule has 1 aliphatic rings. The average molecular weight is 316 g/mol. The van der Waals surface area contributed by atoms with Gasteiger partial charge in [-0.25, -0.2) is 13.1 Å². The van der Waals surface area contributed by atoms with Crippen LogP contribution in [0.1, 0.15) is 38.2 Å². The second-order valence-electron chi connectivity index (χ2n) is 5.47. The molecule has 0 saturated heterocycles. The second kappa shape index (κ2) is 6.91. The molecule has 21 heavy (non-hydrogen) atoms. The van der Waals surface area contributed by atoms with Crippen LogP contribution in [0.3, 0.4) is 0 Å². The highest BCUT2D eigenvalue weighted by Crippen LogP contribution is 2.23. The van der Waals surface area contributed by atoms with Gasteiger partial charge in [-0.2, -0.15) is 0 Å². The van der Waals surface area contributed by atoms with Crippen molar-refractivity contribution < 1.29 is 17.6 Å². The van der Waals surface area contributed by atoms with E-state index in [1.165, 1.54) is 12.8 Å². The Morgan fingerprint density at radius 2 is 2.19 bits per heavy atom. The van der Waals surface area contributed by atoms with Gasteiger partial charge in [0.2, 0.25) is 10.0 Å². The van der Waals surface area contributed by atoms with E-state index in [2.05, 4.69) is 10.0 Å². The van der Waals surface area contributed by atoms with E-state index < -0.39 is 10.0 Å². The summed E-state index contributed by atoms with van der Waals surface area (Å²) in [5.74, 6) is 1.07. The van der Waals surface area contributed by atoms with Crippen molar-refractivity contribution in [2.45, 2.75) is 57.1 Å². The zero-order valence-electron chi connectivity index (χ0n) is 12.8. The van der Waals surface area contributed by atoms with Crippen molar-refractivity contribution in [2.24, 2.45) is 0 Å². The van der Waals surface area contributed by atoms with Gasteiger partial charge in [0.25, 0.3) is 0 Å². The molecular weight excluding hydrogens is 292 g/mol. The van der Waals surface area contributed by atoms with E-state index >= 15 is 0 Å². The Balaban J connectivity index is 2.00. The summed E-state index contributed by atoms with van der Waals surface area (Å²) < 4.78 is 38.0. The number of nitrogens with one attached hydrogen (secondary N) is 2. The molecule has 1 saturated carbocycles. The first-order valence-electron chi connectivity index (χ1n) is 7.35. The second-order valence-corrected chi connectivity index (χ2v) is 7.15. The molecule has 0 radical (unpaired) electrons. The van der Waals surface area contributed by atoms with Crippen molar-refractivity contribution >= 4 is 10.0 Å². The van der Waals surface area contributed by atoms with Crippen molar-refractivity contribution in [1.29, 1.82) is 0 Å². The maximum Gasteiger partial charge on any atom is 0.244 e. The minimum Gasteiger partial charge on any atom is -0.464 e. The Morgan fingerprint density at radius 3 is 2.81 bits per heavy atom. The van der Waals surface area contributed by atoms with Gasteiger partial charge in [-0.1, -0.05) is 0 Å². The standard InChI is InChI=1S/C14H24N2O4S/c1-4-19-9-10(2)16-21(17,18)14-7-13(20-11(14)3)8-15-12-5-6-12/h7,10,12,15-16H,4-6,8-9H2,1-3H3. The topological polar surface area (TPSA) is 80.6 Å². The molecule has 1 heterocycles. The smallest absolute Gasteiger partial charge is 0.244 e. The van der Waals surface area contributed by atoms with Gasteiger partial charge in [-0.15, -0.1) is 0 Å². The van der Waals surface area contributed by atoms with Gasteiger partial charge >= 0.3 is 0 Å². The van der Waals surface area contributed by atoms with Gasteiger partial charge in [-0.05, 0) is 33.6 Å². The zero-order valence-corrected chi connectivity index (χ0v) is 13.6. The van der Waals surface area contributed by atoms with Crippen LogP contribution in [0.15, 0.2) is 15.4 Å². The number of rotatable bonds is 9. The van der Waals surface area contributed by atoms with Crippen molar-refractivity contribution in [3.05, 3.63) is 17.6 Å². The maximum absolute atomic E-state index is 12.3. The first-order chi connectivity index (χ1) is 9.92. The van der Waals surface area contributed by atoms with Gasteiger partial charge < -0.3 is 14.5 Å². The van der Waals surface area contributed by atoms with E-state index in [1.54, 1.807) is 19.9 Å². The number of hydrogen-bond donors (Lipinski definition) is 2. The molecule has 1 aromatic rings. The molecule has 7 heteroatoms. The maximum atomic E-state index is 12.3. The Morgan fingerprint density at radius 1 is 1.48 bits per heavy atom. The predicted octanol–water partition coefficient (Wildman–Crippen LogP) is 1.54. The van der Waals surface area contributed by atoms with Gasteiger partial charge in [0.15, 0.2) is 0 Å². The molecule has 1 unspecified atom stereocenters. The first kappa shape index (κ1) is 16.5. The summed E-state index contributed by atoms with van der Waals surface area (Å²) in [6.45, 7) is 6.80. The molecule has 1 aliphatic carbocycles. The van der Waals surface area contributed by atoms with Crippen LogP contribution in [0, 0.1) is 6.92 Å². The Kier molecular flexibility index (Phi) is 5.43. The third-order valence-corrected chi connectivity index (χ3v) is 4.98. The summed E-state index contributed by atoms with van der Waals surface area (Å²) in [7, 11) is -3.57. The fraction of sp³-hybridized carbons (Fsp3) is 0.714. The summed E-state index contributed by atoms with van der Waals surface area (Å²) in [4.78, 5) is 0.207. The van der Waals surface area contributed by atoms with Crippen molar-refractivity contribution in [1.82, 2.24) is 10.0 Å². The Labute approximate surface area is 126 Å². The third kappa shape index (κ3) is 4.81. The zero-order chi connectivity index (χ0) is 15.5. The number of furan rings is 1. The summed E-state index contributed by atoms with van der Waals surface area (Å²) in [5.41, 5.74) is 0. The first-order valence-corrected chi connectivity index (χ1v) is 8.83. The molecule has 2 N–H and O–H groups in total. The van der Waals surface area contributed by atoms with Gasteiger partial charge in [0.05, 0.1) is 13.2 Å². The average Bonchev–Trinajstić information content (AvgIpc) is 3.15. The van der Waals surface area contributed by atoms with Crippen LogP contribution in [-0.2, 0) is 21.3 Å². The minimum atomic E-state index is -3.57. The van der Waals surface area contributed by atoms with E-state index in [-0.39, 0.29) is 10.9 Å². The van der Waals surface area contributed by atoms with E-state index in [9.17, 15) is 8.42 Å². The molecule has 0 amide bonds. The molecule has 1 aromatic heterocycles. The fourth-order valence-electron chi connectivity index (χ4n) is 2.07. The molecule has 120 valence electrons. The lowest BCUT2D eigenvalue weighted by molar-refractivity contribution is 0.133. The summed E-state index contributed by atoms with van der Waals surface area (Å²) in [6.07, 6.45) is 2.36. The lowest BCUT2D eigenvalue weighted by Crippen LogP contribution is -2.36. The lowest BCUT2D eigenvalue weighted by atomic mass is 10.4. The van der Waals surface area contributed by atoms with Crippen LogP contribution in [0.4, 0.5) is 0 Å². The van der Waals surface area contributed by atoms with Crippen molar-refractivity contribution in [3.8, 4) is 0 Å². The molecule has 1 fully saturated rings. The van der Waals surface area contributed by atoms with Crippen LogP contribution in [0.2, 0.25) is 0 Å². The van der Waals surface area contributed by atoms with E-state index in [1.807, 2.05) is 6.92 Å². The lowest BCUT2D eigenvalue weighted by Gasteiger charge is -2.13. The Bertz CT molecular complexity index is 564. The molecule has 1 atom stereocenters. The Hall–Kier alpha value is -0.890. The number of sulfonamides is 1. The third-order valence-electron chi connectivity index (χ3n) is 3.28. The van der Waals surface area contributed by atoms with Gasteiger partial charge in [0, 0.05) is 24.8 Å². The summed E-state index contributed by atoms with van der Waals surface area (Å²) in [6, 6.07) is 1.87. The minimum absolute atomic E-state index is 0.207. The van der Waals surface area contributed by atoms with Crippen molar-refractivity contribution in [3.63, 3.8) is 0 Å². The van der Waals surface area contributed by atoms with Gasteiger partial charge in [0.1, 0.15) is 16.4 Å². The van der Waals surface area contributed by atoms with Crippen LogP contribution in [0.5, 0.6) is 0 Å². The summed E-state index contributed by atoms with van der Waals surface area (Å²) in [5, 5.41) is 3.30. The molecule has 0 spiro atoms. The highest BCUT2D eigenvalue weighted by molar-refractivity contribution is 7.89. The quantitative estimate of drug-likeness (QED) is 0.722. The molecule has 0 bridgehead atoms. The van der Waals surface area contributed by atoms with Crippen molar-refractivity contribution in [2.75, 3.05) is 13.2 Å². The highest BCUT2D eigenvalue weighted by Gasteiger charge is 2.25. The summed E-state index contributed by atoms with van der Waals surface area (Å²) >= 11 is 0. The van der Waals surface area contributed by atoms with Crippen LogP contribution >= 0.6 is 0 Å².